The maximum absolute atomic E-state index is 13.0. The molecule has 0 bridgehead atoms. The molecule has 0 aliphatic heterocycles. The zero-order valence-electron chi connectivity index (χ0n) is 9.73. The molecule has 1 aromatic carbocycles. The van der Waals surface area contributed by atoms with Crippen LogP contribution in [0.5, 0.6) is 0 Å². The van der Waals surface area contributed by atoms with E-state index in [2.05, 4.69) is 22.4 Å². The SMILES string of the molecule is CC(NCc1ccccc1)c1cncc(F)c1. The first kappa shape index (κ1) is 11.7. The van der Waals surface area contributed by atoms with Crippen LogP contribution in [0.3, 0.4) is 0 Å². The van der Waals surface area contributed by atoms with E-state index in [9.17, 15) is 4.39 Å². The number of hydrogen-bond acceptors (Lipinski definition) is 2. The van der Waals surface area contributed by atoms with Crippen molar-refractivity contribution >= 4 is 0 Å². The molecule has 0 saturated carbocycles. The highest BCUT2D eigenvalue weighted by atomic mass is 19.1. The Bertz CT molecular complexity index is 471. The van der Waals surface area contributed by atoms with Crippen molar-refractivity contribution in [1.82, 2.24) is 10.3 Å². The Morgan fingerprint density at radius 3 is 2.71 bits per heavy atom. The summed E-state index contributed by atoms with van der Waals surface area (Å²) in [6.07, 6.45) is 2.90. The lowest BCUT2D eigenvalue weighted by molar-refractivity contribution is 0.561. The zero-order chi connectivity index (χ0) is 12.1. The topological polar surface area (TPSA) is 24.9 Å². The highest BCUT2D eigenvalue weighted by Gasteiger charge is 2.05. The summed E-state index contributed by atoms with van der Waals surface area (Å²) in [5.41, 5.74) is 2.07. The quantitative estimate of drug-likeness (QED) is 0.873. The van der Waals surface area contributed by atoms with Crippen molar-refractivity contribution in [1.29, 1.82) is 0 Å². The average Bonchev–Trinajstić information content (AvgIpc) is 2.37. The van der Waals surface area contributed by atoms with Gasteiger partial charge in [0.15, 0.2) is 0 Å². The molecule has 1 atom stereocenters. The zero-order valence-corrected chi connectivity index (χ0v) is 9.73. The van der Waals surface area contributed by atoms with E-state index in [4.69, 9.17) is 0 Å². The van der Waals surface area contributed by atoms with Crippen molar-refractivity contribution in [3.63, 3.8) is 0 Å². The number of rotatable bonds is 4. The lowest BCUT2D eigenvalue weighted by Crippen LogP contribution is -2.18. The van der Waals surface area contributed by atoms with Crippen molar-refractivity contribution < 1.29 is 4.39 Å². The van der Waals surface area contributed by atoms with E-state index < -0.39 is 0 Å². The van der Waals surface area contributed by atoms with Gasteiger partial charge in [-0.15, -0.1) is 0 Å². The Morgan fingerprint density at radius 1 is 1.24 bits per heavy atom. The van der Waals surface area contributed by atoms with Gasteiger partial charge in [0.2, 0.25) is 0 Å². The summed E-state index contributed by atoms with van der Waals surface area (Å²) in [6, 6.07) is 11.7. The third kappa shape index (κ3) is 3.36. The average molecular weight is 230 g/mol. The fourth-order valence-corrected chi connectivity index (χ4v) is 1.65. The van der Waals surface area contributed by atoms with Crippen LogP contribution >= 0.6 is 0 Å². The van der Waals surface area contributed by atoms with Crippen molar-refractivity contribution in [2.24, 2.45) is 0 Å². The molecule has 0 amide bonds. The molecule has 2 rings (SSSR count). The van der Waals surface area contributed by atoms with Crippen LogP contribution in [0.2, 0.25) is 0 Å². The molecule has 0 aliphatic carbocycles. The number of halogens is 1. The second-order valence-corrected chi connectivity index (χ2v) is 4.02. The van der Waals surface area contributed by atoms with Gasteiger partial charge in [0.05, 0.1) is 6.20 Å². The van der Waals surface area contributed by atoms with Gasteiger partial charge in [-0.05, 0) is 24.1 Å². The summed E-state index contributed by atoms with van der Waals surface area (Å²) in [5.74, 6) is -0.295. The molecule has 17 heavy (non-hydrogen) atoms. The van der Waals surface area contributed by atoms with E-state index in [1.165, 1.54) is 17.8 Å². The van der Waals surface area contributed by atoms with Gasteiger partial charge < -0.3 is 5.32 Å². The number of benzene rings is 1. The van der Waals surface area contributed by atoms with Crippen LogP contribution < -0.4 is 5.32 Å². The monoisotopic (exact) mass is 230 g/mol. The molecule has 0 spiro atoms. The molecule has 1 aromatic heterocycles. The Kier molecular flexibility index (Phi) is 3.83. The number of aromatic nitrogens is 1. The molecule has 1 N–H and O–H groups in total. The van der Waals surface area contributed by atoms with E-state index >= 15 is 0 Å². The highest BCUT2D eigenvalue weighted by Crippen LogP contribution is 2.12. The van der Waals surface area contributed by atoms with Gasteiger partial charge in [0.1, 0.15) is 5.82 Å². The molecular weight excluding hydrogens is 215 g/mol. The number of hydrogen-bond donors (Lipinski definition) is 1. The third-order valence-electron chi connectivity index (χ3n) is 2.68. The van der Waals surface area contributed by atoms with Crippen LogP contribution in [-0.2, 0) is 6.54 Å². The molecule has 0 saturated heterocycles. The van der Waals surface area contributed by atoms with E-state index in [1.807, 2.05) is 25.1 Å². The molecule has 88 valence electrons. The summed E-state index contributed by atoms with van der Waals surface area (Å²) in [5, 5.41) is 3.34. The summed E-state index contributed by atoms with van der Waals surface area (Å²) in [6.45, 7) is 2.76. The van der Waals surface area contributed by atoms with Crippen molar-refractivity contribution in [3.8, 4) is 0 Å². The van der Waals surface area contributed by atoms with Gasteiger partial charge in [0, 0.05) is 18.8 Å². The molecule has 1 unspecified atom stereocenters. The molecular formula is C14H15FN2. The van der Waals surface area contributed by atoms with Crippen LogP contribution in [-0.4, -0.2) is 4.98 Å². The first-order valence-corrected chi connectivity index (χ1v) is 5.63. The van der Waals surface area contributed by atoms with Crippen molar-refractivity contribution in [3.05, 3.63) is 65.7 Å². The maximum atomic E-state index is 13.0. The maximum Gasteiger partial charge on any atom is 0.141 e. The predicted molar refractivity (Wildman–Crippen MR) is 65.9 cm³/mol. The minimum Gasteiger partial charge on any atom is -0.306 e. The smallest absolute Gasteiger partial charge is 0.141 e. The van der Waals surface area contributed by atoms with Gasteiger partial charge in [0.25, 0.3) is 0 Å². The van der Waals surface area contributed by atoms with E-state index in [0.29, 0.717) is 0 Å². The Balaban J connectivity index is 1.96. The fraction of sp³-hybridized carbons (Fsp3) is 0.214. The van der Waals surface area contributed by atoms with Gasteiger partial charge in [-0.3, -0.25) is 4.98 Å². The standard InChI is InChI=1S/C14H15FN2/c1-11(13-7-14(15)10-16-9-13)17-8-12-5-3-2-4-6-12/h2-7,9-11,17H,8H2,1H3. The van der Waals surface area contributed by atoms with E-state index in [0.717, 1.165) is 12.1 Å². The number of nitrogens with one attached hydrogen (secondary N) is 1. The summed E-state index contributed by atoms with van der Waals surface area (Å²) < 4.78 is 13.0. The van der Waals surface area contributed by atoms with Gasteiger partial charge in [-0.25, -0.2) is 4.39 Å². The lowest BCUT2D eigenvalue weighted by Gasteiger charge is -2.13. The van der Waals surface area contributed by atoms with Crippen LogP contribution in [0, 0.1) is 5.82 Å². The number of nitrogens with zero attached hydrogens (tertiary/aromatic N) is 1. The van der Waals surface area contributed by atoms with Crippen LogP contribution in [0.15, 0.2) is 48.8 Å². The Hall–Kier alpha value is -1.74. The molecule has 1 heterocycles. The van der Waals surface area contributed by atoms with Crippen LogP contribution in [0.1, 0.15) is 24.1 Å². The summed E-state index contributed by atoms with van der Waals surface area (Å²) in [7, 11) is 0. The predicted octanol–water partition coefficient (Wildman–Crippen LogP) is 3.07. The Labute approximate surface area is 101 Å². The normalized spacial score (nSPS) is 12.4. The largest absolute Gasteiger partial charge is 0.306 e. The van der Waals surface area contributed by atoms with E-state index in [1.54, 1.807) is 6.20 Å². The summed E-state index contributed by atoms with van der Waals surface area (Å²) >= 11 is 0. The van der Waals surface area contributed by atoms with Gasteiger partial charge in [-0.2, -0.15) is 0 Å². The molecule has 3 heteroatoms. The minimum atomic E-state index is -0.295. The molecule has 0 aliphatic rings. The van der Waals surface area contributed by atoms with Gasteiger partial charge in [-0.1, -0.05) is 30.3 Å². The highest BCUT2D eigenvalue weighted by molar-refractivity contribution is 5.17. The molecule has 2 nitrogen and oxygen atoms in total. The Morgan fingerprint density at radius 2 is 2.00 bits per heavy atom. The first-order chi connectivity index (χ1) is 8.25. The van der Waals surface area contributed by atoms with E-state index in [-0.39, 0.29) is 11.9 Å². The molecule has 2 aromatic rings. The summed E-state index contributed by atoms with van der Waals surface area (Å²) in [4.78, 5) is 3.85. The minimum absolute atomic E-state index is 0.0819. The molecule has 0 fully saturated rings. The van der Waals surface area contributed by atoms with Gasteiger partial charge >= 0.3 is 0 Å². The first-order valence-electron chi connectivity index (χ1n) is 5.63. The third-order valence-corrected chi connectivity index (χ3v) is 2.68. The lowest BCUT2D eigenvalue weighted by atomic mass is 10.1. The van der Waals surface area contributed by atoms with Crippen molar-refractivity contribution in [2.45, 2.75) is 19.5 Å². The number of pyridine rings is 1. The van der Waals surface area contributed by atoms with Crippen LogP contribution in [0.25, 0.3) is 0 Å². The molecule has 0 radical (unpaired) electrons. The van der Waals surface area contributed by atoms with Crippen molar-refractivity contribution in [2.75, 3.05) is 0 Å². The second kappa shape index (κ2) is 5.55. The second-order valence-electron chi connectivity index (χ2n) is 4.02. The fourth-order valence-electron chi connectivity index (χ4n) is 1.65. The van der Waals surface area contributed by atoms with Crippen LogP contribution in [0.4, 0.5) is 4.39 Å².